The van der Waals surface area contributed by atoms with Crippen LogP contribution in [-0.4, -0.2) is 15.6 Å². The predicted molar refractivity (Wildman–Crippen MR) is 77.4 cm³/mol. The first-order valence-electron chi connectivity index (χ1n) is 6.10. The number of carbonyl (C=O) groups is 1. The first-order chi connectivity index (χ1) is 9.10. The Balaban J connectivity index is 2.13. The molecule has 0 atom stereocenters. The van der Waals surface area contributed by atoms with Gasteiger partial charge in [-0.25, -0.2) is 0 Å². The van der Waals surface area contributed by atoms with Crippen molar-refractivity contribution < 1.29 is 4.79 Å². The van der Waals surface area contributed by atoms with Gasteiger partial charge in [-0.2, -0.15) is 5.10 Å². The Bertz CT molecular complexity index is 612. The maximum absolute atomic E-state index is 11.9. The lowest BCUT2D eigenvalue weighted by molar-refractivity contribution is 0.104. The third-order valence-corrected chi connectivity index (χ3v) is 3.11. The van der Waals surface area contributed by atoms with Gasteiger partial charge in [-0.1, -0.05) is 48.9 Å². The standard InChI is InChI=1S/C15H15ClN2O/c1-3-11-4-6-12(7-5-11)8-9-14(19)15-13(16)10-18(2)17-15/h4-10H,3H2,1-2H3/b9-8+. The number of rotatable bonds is 4. The Morgan fingerprint density at radius 1 is 1.37 bits per heavy atom. The van der Waals surface area contributed by atoms with E-state index in [-0.39, 0.29) is 11.5 Å². The van der Waals surface area contributed by atoms with Crippen LogP contribution in [0.4, 0.5) is 0 Å². The number of hydrogen-bond donors (Lipinski definition) is 0. The Morgan fingerprint density at radius 3 is 2.58 bits per heavy atom. The number of halogens is 1. The lowest BCUT2D eigenvalue weighted by Crippen LogP contribution is -1.98. The number of aromatic nitrogens is 2. The van der Waals surface area contributed by atoms with Crippen molar-refractivity contribution in [3.63, 3.8) is 0 Å². The molecule has 0 saturated heterocycles. The molecule has 0 aliphatic rings. The normalized spacial score (nSPS) is 11.1. The lowest BCUT2D eigenvalue weighted by atomic mass is 10.1. The summed E-state index contributed by atoms with van der Waals surface area (Å²) >= 11 is 5.92. The molecule has 2 rings (SSSR count). The molecule has 0 amide bonds. The lowest BCUT2D eigenvalue weighted by Gasteiger charge is -1.97. The van der Waals surface area contributed by atoms with E-state index in [2.05, 4.69) is 24.2 Å². The fourth-order valence-corrected chi connectivity index (χ4v) is 2.01. The summed E-state index contributed by atoms with van der Waals surface area (Å²) < 4.78 is 1.53. The highest BCUT2D eigenvalue weighted by Gasteiger charge is 2.11. The molecule has 0 bridgehead atoms. The van der Waals surface area contributed by atoms with Gasteiger partial charge >= 0.3 is 0 Å². The quantitative estimate of drug-likeness (QED) is 0.631. The van der Waals surface area contributed by atoms with Crippen LogP contribution < -0.4 is 0 Å². The van der Waals surface area contributed by atoms with Crippen LogP contribution in [0.1, 0.15) is 28.5 Å². The number of nitrogens with zero attached hydrogens (tertiary/aromatic N) is 2. The monoisotopic (exact) mass is 274 g/mol. The molecule has 0 aliphatic carbocycles. The third kappa shape index (κ3) is 3.32. The molecule has 0 radical (unpaired) electrons. The van der Waals surface area contributed by atoms with Gasteiger partial charge in [-0.3, -0.25) is 9.48 Å². The first-order valence-corrected chi connectivity index (χ1v) is 6.48. The van der Waals surface area contributed by atoms with Crippen LogP contribution in [0.15, 0.2) is 36.5 Å². The van der Waals surface area contributed by atoms with E-state index in [0.29, 0.717) is 5.02 Å². The Kier molecular flexibility index (Phi) is 4.17. The zero-order valence-electron chi connectivity index (χ0n) is 10.9. The fraction of sp³-hybridized carbons (Fsp3) is 0.200. The van der Waals surface area contributed by atoms with Crippen molar-refractivity contribution in [3.05, 3.63) is 58.4 Å². The van der Waals surface area contributed by atoms with Gasteiger partial charge in [0.2, 0.25) is 5.78 Å². The number of carbonyl (C=O) groups excluding carboxylic acids is 1. The van der Waals surface area contributed by atoms with Gasteiger partial charge in [-0.15, -0.1) is 0 Å². The summed E-state index contributed by atoms with van der Waals surface area (Å²) in [5.41, 5.74) is 2.54. The molecule has 1 aromatic carbocycles. The fourth-order valence-electron chi connectivity index (χ4n) is 1.74. The molecule has 0 fully saturated rings. The van der Waals surface area contributed by atoms with Gasteiger partial charge in [0, 0.05) is 13.2 Å². The molecular weight excluding hydrogens is 260 g/mol. The van der Waals surface area contributed by atoms with Gasteiger partial charge in [-0.05, 0) is 23.6 Å². The average molecular weight is 275 g/mol. The Labute approximate surface area is 117 Å². The highest BCUT2D eigenvalue weighted by atomic mass is 35.5. The first kappa shape index (κ1) is 13.6. The molecule has 0 N–H and O–H groups in total. The average Bonchev–Trinajstić information content (AvgIpc) is 2.75. The Hall–Kier alpha value is -1.87. The van der Waals surface area contributed by atoms with Crippen molar-refractivity contribution in [1.82, 2.24) is 9.78 Å². The van der Waals surface area contributed by atoms with Crippen LogP contribution in [0.3, 0.4) is 0 Å². The number of ketones is 1. The van der Waals surface area contributed by atoms with Gasteiger partial charge in [0.05, 0.1) is 5.02 Å². The third-order valence-electron chi connectivity index (χ3n) is 2.83. The highest BCUT2D eigenvalue weighted by Crippen LogP contribution is 2.15. The molecule has 1 heterocycles. The second kappa shape index (κ2) is 5.85. The van der Waals surface area contributed by atoms with Crippen molar-refractivity contribution >= 4 is 23.5 Å². The van der Waals surface area contributed by atoms with Crippen LogP contribution in [0, 0.1) is 0 Å². The highest BCUT2D eigenvalue weighted by molar-refractivity contribution is 6.34. The largest absolute Gasteiger partial charge is 0.287 e. The van der Waals surface area contributed by atoms with Gasteiger partial charge in [0.1, 0.15) is 0 Å². The van der Waals surface area contributed by atoms with Gasteiger partial charge in [0.15, 0.2) is 5.69 Å². The van der Waals surface area contributed by atoms with Crippen molar-refractivity contribution in [1.29, 1.82) is 0 Å². The molecule has 0 spiro atoms. The van der Waals surface area contributed by atoms with Crippen LogP contribution in [-0.2, 0) is 13.5 Å². The predicted octanol–water partition coefficient (Wildman–Crippen LogP) is 3.53. The van der Waals surface area contributed by atoms with Crippen molar-refractivity contribution in [3.8, 4) is 0 Å². The van der Waals surface area contributed by atoms with Gasteiger partial charge < -0.3 is 0 Å². The van der Waals surface area contributed by atoms with Crippen LogP contribution in [0.5, 0.6) is 0 Å². The SMILES string of the molecule is CCc1ccc(/C=C/C(=O)c2nn(C)cc2Cl)cc1. The number of aryl methyl sites for hydroxylation is 2. The summed E-state index contributed by atoms with van der Waals surface area (Å²) in [6.07, 6.45) is 5.88. The number of allylic oxidation sites excluding steroid dienone is 1. The molecule has 0 aliphatic heterocycles. The molecule has 3 nitrogen and oxygen atoms in total. The summed E-state index contributed by atoms with van der Waals surface area (Å²) in [5.74, 6) is -0.190. The number of benzene rings is 1. The summed E-state index contributed by atoms with van der Waals surface area (Å²) in [6, 6.07) is 8.08. The summed E-state index contributed by atoms with van der Waals surface area (Å²) in [7, 11) is 1.73. The van der Waals surface area contributed by atoms with Crippen molar-refractivity contribution in [2.24, 2.45) is 7.05 Å². The van der Waals surface area contributed by atoms with E-state index in [1.807, 2.05) is 12.1 Å². The van der Waals surface area contributed by atoms with Crippen LogP contribution in [0.2, 0.25) is 5.02 Å². The molecular formula is C15H15ClN2O. The summed E-state index contributed by atoms with van der Waals surface area (Å²) in [5, 5.41) is 4.41. The summed E-state index contributed by atoms with van der Waals surface area (Å²) in [4.78, 5) is 11.9. The second-order valence-electron chi connectivity index (χ2n) is 4.29. The molecule has 19 heavy (non-hydrogen) atoms. The molecule has 98 valence electrons. The maximum atomic E-state index is 11.9. The van der Waals surface area contributed by atoms with Crippen LogP contribution >= 0.6 is 11.6 Å². The molecule has 1 aromatic heterocycles. The summed E-state index contributed by atoms with van der Waals surface area (Å²) in [6.45, 7) is 2.11. The minimum absolute atomic E-state index is 0.190. The van der Waals surface area contributed by atoms with Gasteiger partial charge in [0.25, 0.3) is 0 Å². The van der Waals surface area contributed by atoms with E-state index < -0.39 is 0 Å². The zero-order chi connectivity index (χ0) is 13.8. The van der Waals surface area contributed by atoms with E-state index in [4.69, 9.17) is 11.6 Å². The van der Waals surface area contributed by atoms with E-state index in [9.17, 15) is 4.79 Å². The molecule has 0 saturated carbocycles. The molecule has 4 heteroatoms. The molecule has 0 unspecified atom stereocenters. The Morgan fingerprint density at radius 2 is 2.05 bits per heavy atom. The zero-order valence-corrected chi connectivity index (χ0v) is 11.7. The topological polar surface area (TPSA) is 34.9 Å². The minimum atomic E-state index is -0.190. The minimum Gasteiger partial charge on any atom is -0.287 e. The number of hydrogen-bond acceptors (Lipinski definition) is 2. The van der Waals surface area contributed by atoms with E-state index in [1.54, 1.807) is 19.3 Å². The van der Waals surface area contributed by atoms with E-state index in [0.717, 1.165) is 12.0 Å². The second-order valence-corrected chi connectivity index (χ2v) is 4.70. The van der Waals surface area contributed by atoms with E-state index in [1.165, 1.54) is 16.3 Å². The molecule has 2 aromatic rings. The van der Waals surface area contributed by atoms with Crippen LogP contribution in [0.25, 0.3) is 6.08 Å². The maximum Gasteiger partial charge on any atom is 0.207 e. The van der Waals surface area contributed by atoms with E-state index >= 15 is 0 Å². The van der Waals surface area contributed by atoms with Crippen molar-refractivity contribution in [2.75, 3.05) is 0 Å². The smallest absolute Gasteiger partial charge is 0.207 e. The van der Waals surface area contributed by atoms with Crippen molar-refractivity contribution in [2.45, 2.75) is 13.3 Å².